The average Bonchev–Trinajstić information content (AvgIpc) is 2.26. The molecule has 0 radical (unpaired) electrons. The van der Waals surface area contributed by atoms with Crippen molar-refractivity contribution in [3.63, 3.8) is 0 Å². The number of anilines is 1. The second-order valence-corrected chi connectivity index (χ2v) is 4.86. The first kappa shape index (κ1) is 13.8. The van der Waals surface area contributed by atoms with Crippen molar-refractivity contribution in [1.82, 2.24) is 0 Å². The molecule has 2 N–H and O–H groups in total. The van der Waals surface area contributed by atoms with E-state index in [2.05, 4.69) is 12.2 Å². The van der Waals surface area contributed by atoms with E-state index in [1.54, 1.807) is 0 Å². The molecule has 0 aliphatic rings. The van der Waals surface area contributed by atoms with Gasteiger partial charge in [-0.15, -0.1) is 0 Å². The van der Waals surface area contributed by atoms with Crippen LogP contribution in [-0.2, 0) is 0 Å². The Hall–Kier alpha value is -1.22. The normalized spacial score (nSPS) is 11.3. The summed E-state index contributed by atoms with van der Waals surface area (Å²) < 4.78 is 5.50. The van der Waals surface area contributed by atoms with Gasteiger partial charge in [0.05, 0.1) is 12.2 Å². The highest BCUT2D eigenvalue weighted by molar-refractivity contribution is 5.46. The number of nitrogens with one attached hydrogen (secondary N) is 1. The Morgan fingerprint density at radius 2 is 1.88 bits per heavy atom. The maximum absolute atomic E-state index is 9.58. The smallest absolute Gasteiger partial charge is 0.119 e. The van der Waals surface area contributed by atoms with Crippen LogP contribution in [-0.4, -0.2) is 23.9 Å². The highest BCUT2D eigenvalue weighted by Crippen LogP contribution is 2.16. The molecule has 0 aliphatic carbocycles. The second kappa shape index (κ2) is 6.50. The molecular weight excluding hydrogens is 214 g/mol. The van der Waals surface area contributed by atoms with E-state index < -0.39 is 5.60 Å². The van der Waals surface area contributed by atoms with Crippen LogP contribution in [0.2, 0.25) is 0 Å². The number of ether oxygens (including phenoxy) is 1. The van der Waals surface area contributed by atoms with Crippen LogP contribution in [0.25, 0.3) is 0 Å². The fraction of sp³-hybridized carbons (Fsp3) is 0.571. The molecule has 0 bridgehead atoms. The van der Waals surface area contributed by atoms with Crippen molar-refractivity contribution >= 4 is 5.69 Å². The molecule has 17 heavy (non-hydrogen) atoms. The lowest BCUT2D eigenvalue weighted by Gasteiger charge is -2.17. The number of benzene rings is 1. The Morgan fingerprint density at radius 1 is 1.24 bits per heavy atom. The summed E-state index contributed by atoms with van der Waals surface area (Å²) in [7, 11) is 0. The maximum Gasteiger partial charge on any atom is 0.119 e. The molecule has 1 aromatic carbocycles. The monoisotopic (exact) mass is 237 g/mol. The predicted octanol–water partition coefficient (Wildman–Crippen LogP) is 3.05. The SMILES string of the molecule is CCCOc1ccc(NCCC(C)(C)O)cc1. The largest absolute Gasteiger partial charge is 0.494 e. The van der Waals surface area contributed by atoms with Crippen LogP contribution in [0, 0.1) is 0 Å². The van der Waals surface area contributed by atoms with Crippen LogP contribution in [0.3, 0.4) is 0 Å². The summed E-state index contributed by atoms with van der Waals surface area (Å²) in [6.45, 7) is 7.24. The van der Waals surface area contributed by atoms with Gasteiger partial charge in [-0.3, -0.25) is 0 Å². The lowest BCUT2D eigenvalue weighted by Crippen LogP contribution is -2.22. The van der Waals surface area contributed by atoms with Gasteiger partial charge in [0.15, 0.2) is 0 Å². The van der Waals surface area contributed by atoms with Gasteiger partial charge in [0.25, 0.3) is 0 Å². The lowest BCUT2D eigenvalue weighted by molar-refractivity contribution is 0.0749. The van der Waals surface area contributed by atoms with Crippen molar-refractivity contribution in [1.29, 1.82) is 0 Å². The van der Waals surface area contributed by atoms with E-state index in [0.29, 0.717) is 0 Å². The molecule has 0 saturated heterocycles. The van der Waals surface area contributed by atoms with Gasteiger partial charge in [0, 0.05) is 12.2 Å². The van der Waals surface area contributed by atoms with E-state index in [0.717, 1.165) is 37.4 Å². The molecule has 0 amide bonds. The first-order valence-corrected chi connectivity index (χ1v) is 6.20. The lowest BCUT2D eigenvalue weighted by atomic mass is 10.1. The molecule has 3 heteroatoms. The molecule has 1 aromatic rings. The molecule has 0 unspecified atom stereocenters. The third-order valence-corrected chi connectivity index (χ3v) is 2.39. The average molecular weight is 237 g/mol. The highest BCUT2D eigenvalue weighted by Gasteiger charge is 2.10. The fourth-order valence-electron chi connectivity index (χ4n) is 1.40. The number of hydrogen-bond acceptors (Lipinski definition) is 3. The molecule has 3 nitrogen and oxygen atoms in total. The zero-order chi connectivity index (χ0) is 12.7. The molecule has 0 aromatic heterocycles. The van der Waals surface area contributed by atoms with Crippen LogP contribution in [0.4, 0.5) is 5.69 Å². The van der Waals surface area contributed by atoms with Gasteiger partial charge in [-0.2, -0.15) is 0 Å². The van der Waals surface area contributed by atoms with Crippen molar-refractivity contribution in [3.8, 4) is 5.75 Å². The first-order chi connectivity index (χ1) is 8.01. The Morgan fingerprint density at radius 3 is 2.41 bits per heavy atom. The summed E-state index contributed by atoms with van der Waals surface area (Å²) in [6.07, 6.45) is 1.74. The number of rotatable bonds is 7. The van der Waals surface area contributed by atoms with E-state index in [1.807, 2.05) is 38.1 Å². The minimum absolute atomic E-state index is 0.614. The van der Waals surface area contributed by atoms with Gasteiger partial charge in [-0.05, 0) is 51.0 Å². The van der Waals surface area contributed by atoms with Gasteiger partial charge in [-0.25, -0.2) is 0 Å². The Bertz CT molecular complexity index is 314. The van der Waals surface area contributed by atoms with E-state index in [1.165, 1.54) is 0 Å². The van der Waals surface area contributed by atoms with Crippen molar-refractivity contribution in [2.75, 3.05) is 18.5 Å². The minimum atomic E-state index is -0.614. The molecule has 0 spiro atoms. The molecular formula is C14H23NO2. The minimum Gasteiger partial charge on any atom is -0.494 e. The predicted molar refractivity (Wildman–Crippen MR) is 71.6 cm³/mol. The van der Waals surface area contributed by atoms with Crippen molar-refractivity contribution in [3.05, 3.63) is 24.3 Å². The Balaban J connectivity index is 2.35. The second-order valence-electron chi connectivity index (χ2n) is 4.86. The fourth-order valence-corrected chi connectivity index (χ4v) is 1.40. The van der Waals surface area contributed by atoms with Crippen LogP contribution in [0.1, 0.15) is 33.6 Å². The number of aliphatic hydroxyl groups is 1. The summed E-state index contributed by atoms with van der Waals surface area (Å²) in [6, 6.07) is 7.91. The maximum atomic E-state index is 9.58. The molecule has 1 rings (SSSR count). The molecule has 0 atom stereocenters. The number of hydrogen-bond donors (Lipinski definition) is 2. The van der Waals surface area contributed by atoms with Crippen molar-refractivity contribution < 1.29 is 9.84 Å². The molecule has 96 valence electrons. The molecule has 0 aliphatic heterocycles. The summed E-state index contributed by atoms with van der Waals surface area (Å²) in [5.74, 6) is 0.903. The van der Waals surface area contributed by atoms with Crippen LogP contribution in [0.5, 0.6) is 5.75 Å². The van der Waals surface area contributed by atoms with Gasteiger partial charge >= 0.3 is 0 Å². The van der Waals surface area contributed by atoms with Crippen LogP contribution in [0.15, 0.2) is 24.3 Å². The molecule has 0 heterocycles. The zero-order valence-electron chi connectivity index (χ0n) is 11.0. The van der Waals surface area contributed by atoms with E-state index >= 15 is 0 Å². The Kier molecular flexibility index (Phi) is 5.29. The summed E-state index contributed by atoms with van der Waals surface area (Å²) >= 11 is 0. The van der Waals surface area contributed by atoms with Crippen LogP contribution >= 0.6 is 0 Å². The topological polar surface area (TPSA) is 41.5 Å². The zero-order valence-corrected chi connectivity index (χ0v) is 11.0. The van der Waals surface area contributed by atoms with Crippen molar-refractivity contribution in [2.45, 2.75) is 39.2 Å². The standard InChI is InChI=1S/C14H23NO2/c1-4-11-17-13-7-5-12(6-8-13)15-10-9-14(2,3)16/h5-8,15-16H,4,9-11H2,1-3H3. The van der Waals surface area contributed by atoms with Gasteiger partial charge < -0.3 is 15.2 Å². The first-order valence-electron chi connectivity index (χ1n) is 6.20. The highest BCUT2D eigenvalue weighted by atomic mass is 16.5. The van der Waals surface area contributed by atoms with E-state index in [9.17, 15) is 5.11 Å². The Labute approximate surface area is 104 Å². The summed E-state index contributed by atoms with van der Waals surface area (Å²) in [4.78, 5) is 0. The van der Waals surface area contributed by atoms with Gasteiger partial charge in [-0.1, -0.05) is 6.92 Å². The van der Waals surface area contributed by atoms with Crippen molar-refractivity contribution in [2.24, 2.45) is 0 Å². The molecule has 0 saturated carbocycles. The van der Waals surface area contributed by atoms with Gasteiger partial charge in [0.2, 0.25) is 0 Å². The molecule has 0 fully saturated rings. The van der Waals surface area contributed by atoms with Crippen LogP contribution < -0.4 is 10.1 Å². The van der Waals surface area contributed by atoms with Gasteiger partial charge in [0.1, 0.15) is 5.75 Å². The third kappa shape index (κ3) is 6.17. The third-order valence-electron chi connectivity index (χ3n) is 2.39. The quantitative estimate of drug-likeness (QED) is 0.766. The van der Waals surface area contributed by atoms with E-state index in [-0.39, 0.29) is 0 Å². The summed E-state index contributed by atoms with van der Waals surface area (Å²) in [5.41, 5.74) is 0.440. The van der Waals surface area contributed by atoms with E-state index in [4.69, 9.17) is 4.74 Å². The summed E-state index contributed by atoms with van der Waals surface area (Å²) in [5, 5.41) is 12.8.